The van der Waals surface area contributed by atoms with Crippen molar-refractivity contribution in [1.29, 1.82) is 0 Å². The van der Waals surface area contributed by atoms with E-state index in [2.05, 4.69) is 15.6 Å². The number of pyridine rings is 1. The molecule has 2 aromatic rings. The molecule has 0 aliphatic carbocycles. The molecule has 1 atom stereocenters. The van der Waals surface area contributed by atoms with Crippen molar-refractivity contribution in [3.63, 3.8) is 0 Å². The van der Waals surface area contributed by atoms with Crippen molar-refractivity contribution >= 4 is 17.6 Å². The third kappa shape index (κ3) is 4.54. The van der Waals surface area contributed by atoms with Gasteiger partial charge in [-0.3, -0.25) is 9.78 Å². The lowest BCUT2D eigenvalue weighted by atomic mass is 10.1. The van der Waals surface area contributed by atoms with Crippen molar-refractivity contribution in [2.24, 2.45) is 0 Å². The Hall–Kier alpha value is -2.89. The van der Waals surface area contributed by atoms with Crippen molar-refractivity contribution < 1.29 is 14.7 Å². The molecule has 1 aromatic heterocycles. The number of benzene rings is 1. The molecule has 0 radical (unpaired) electrons. The first kappa shape index (κ1) is 16.5. The number of carbonyl (C=O) groups is 2. The molecule has 1 amide bonds. The Morgan fingerprint density at radius 3 is 2.61 bits per heavy atom. The van der Waals surface area contributed by atoms with E-state index in [1.165, 1.54) is 6.20 Å². The first-order chi connectivity index (χ1) is 11.1. The predicted octanol–water partition coefficient (Wildman–Crippen LogP) is 2.29. The van der Waals surface area contributed by atoms with Gasteiger partial charge in [0.15, 0.2) is 0 Å². The molecular formula is C17H19N3O3. The first-order valence-corrected chi connectivity index (χ1v) is 7.37. The summed E-state index contributed by atoms with van der Waals surface area (Å²) >= 11 is 0. The first-order valence-electron chi connectivity index (χ1n) is 7.37. The molecule has 3 N–H and O–H groups in total. The van der Waals surface area contributed by atoms with E-state index in [0.717, 1.165) is 5.56 Å². The number of carboxylic acids is 1. The molecule has 23 heavy (non-hydrogen) atoms. The van der Waals surface area contributed by atoms with Crippen LogP contribution in [0.2, 0.25) is 0 Å². The summed E-state index contributed by atoms with van der Waals surface area (Å²) in [6, 6.07) is 10.4. The van der Waals surface area contributed by atoms with Gasteiger partial charge in [0.25, 0.3) is 5.91 Å². The molecule has 1 heterocycles. The summed E-state index contributed by atoms with van der Waals surface area (Å²) in [7, 11) is 0. The zero-order valence-electron chi connectivity index (χ0n) is 12.8. The fraction of sp³-hybridized carbons (Fsp3) is 0.235. The molecule has 120 valence electrons. The molecule has 0 fully saturated rings. The second-order valence-corrected chi connectivity index (χ2v) is 5.03. The number of hydrogen-bond acceptors (Lipinski definition) is 4. The van der Waals surface area contributed by atoms with Crippen LogP contribution in [-0.2, 0) is 11.3 Å². The van der Waals surface area contributed by atoms with Gasteiger partial charge in [0, 0.05) is 12.7 Å². The lowest BCUT2D eigenvalue weighted by Gasteiger charge is -2.15. The Bertz CT molecular complexity index is 674. The van der Waals surface area contributed by atoms with Crippen LogP contribution >= 0.6 is 0 Å². The third-order valence-electron chi connectivity index (χ3n) is 3.40. The summed E-state index contributed by atoms with van der Waals surface area (Å²) in [6.07, 6.45) is 3.38. The third-order valence-corrected chi connectivity index (χ3v) is 3.40. The minimum absolute atomic E-state index is 0.318. The number of anilines is 1. The minimum Gasteiger partial charge on any atom is -0.480 e. The fourth-order valence-electron chi connectivity index (χ4n) is 2.10. The van der Waals surface area contributed by atoms with Gasteiger partial charge in [0.05, 0.1) is 17.4 Å². The van der Waals surface area contributed by atoms with Crippen LogP contribution in [0.1, 0.15) is 29.3 Å². The fourth-order valence-corrected chi connectivity index (χ4v) is 2.10. The van der Waals surface area contributed by atoms with E-state index in [-0.39, 0.29) is 0 Å². The maximum atomic E-state index is 12.3. The highest BCUT2D eigenvalue weighted by atomic mass is 16.4. The van der Waals surface area contributed by atoms with Crippen LogP contribution in [0.3, 0.4) is 0 Å². The van der Waals surface area contributed by atoms with Crippen molar-refractivity contribution in [3.05, 3.63) is 59.9 Å². The highest BCUT2D eigenvalue weighted by Gasteiger charge is 2.20. The smallest absolute Gasteiger partial charge is 0.326 e. The van der Waals surface area contributed by atoms with Gasteiger partial charge in [0.1, 0.15) is 6.04 Å². The Morgan fingerprint density at radius 2 is 1.96 bits per heavy atom. The Morgan fingerprint density at radius 1 is 1.22 bits per heavy atom. The number of rotatable bonds is 7. The van der Waals surface area contributed by atoms with Crippen LogP contribution in [0, 0.1) is 0 Å². The molecule has 0 saturated heterocycles. The Labute approximate surface area is 134 Å². The molecule has 2 rings (SSSR count). The summed E-state index contributed by atoms with van der Waals surface area (Å²) in [5, 5.41) is 14.7. The average Bonchev–Trinajstić information content (AvgIpc) is 2.58. The molecule has 0 bridgehead atoms. The highest BCUT2D eigenvalue weighted by Crippen LogP contribution is 2.15. The molecule has 6 heteroatoms. The van der Waals surface area contributed by atoms with E-state index in [9.17, 15) is 9.59 Å². The van der Waals surface area contributed by atoms with Gasteiger partial charge in [-0.2, -0.15) is 0 Å². The number of amides is 1. The van der Waals surface area contributed by atoms with Crippen LogP contribution in [-0.4, -0.2) is 28.0 Å². The maximum absolute atomic E-state index is 12.3. The molecule has 0 aliphatic heterocycles. The molecule has 0 unspecified atom stereocenters. The molecular weight excluding hydrogens is 294 g/mol. The van der Waals surface area contributed by atoms with Gasteiger partial charge < -0.3 is 15.7 Å². The van der Waals surface area contributed by atoms with Gasteiger partial charge in [-0.15, -0.1) is 0 Å². The van der Waals surface area contributed by atoms with E-state index in [4.69, 9.17) is 5.11 Å². The Kier molecular flexibility index (Phi) is 5.68. The summed E-state index contributed by atoms with van der Waals surface area (Å²) in [6.45, 7) is 2.25. The van der Waals surface area contributed by atoms with Gasteiger partial charge in [0.2, 0.25) is 0 Å². The van der Waals surface area contributed by atoms with Crippen LogP contribution in [0.25, 0.3) is 0 Å². The van der Waals surface area contributed by atoms with E-state index in [0.29, 0.717) is 24.2 Å². The number of aliphatic carboxylic acids is 1. The lowest BCUT2D eigenvalue weighted by Crippen LogP contribution is -2.40. The second-order valence-electron chi connectivity index (χ2n) is 5.03. The van der Waals surface area contributed by atoms with Crippen LogP contribution in [0.5, 0.6) is 0 Å². The standard InChI is InChI=1S/C17H19N3O3/c1-2-14(17(22)23)20-16(21)13-8-9-18-11-15(13)19-10-12-6-4-3-5-7-12/h3-9,11,14,19H,2,10H2,1H3,(H,20,21)(H,22,23)/t14-/m1/s1. The van der Waals surface area contributed by atoms with E-state index in [1.807, 2.05) is 30.3 Å². The normalized spacial score (nSPS) is 11.5. The topological polar surface area (TPSA) is 91.3 Å². The van der Waals surface area contributed by atoms with Gasteiger partial charge in [-0.1, -0.05) is 37.3 Å². The zero-order valence-corrected chi connectivity index (χ0v) is 12.8. The molecule has 1 aromatic carbocycles. The average molecular weight is 313 g/mol. The number of nitrogens with zero attached hydrogens (tertiary/aromatic N) is 1. The number of nitrogens with one attached hydrogen (secondary N) is 2. The largest absolute Gasteiger partial charge is 0.480 e. The van der Waals surface area contributed by atoms with Crippen molar-refractivity contribution in [1.82, 2.24) is 10.3 Å². The summed E-state index contributed by atoms with van der Waals surface area (Å²) < 4.78 is 0. The zero-order chi connectivity index (χ0) is 16.7. The monoisotopic (exact) mass is 313 g/mol. The number of hydrogen-bond donors (Lipinski definition) is 3. The quantitative estimate of drug-likeness (QED) is 0.729. The van der Waals surface area contributed by atoms with Crippen LogP contribution in [0.4, 0.5) is 5.69 Å². The lowest BCUT2D eigenvalue weighted by molar-refractivity contribution is -0.139. The van der Waals surface area contributed by atoms with Gasteiger partial charge in [-0.05, 0) is 18.1 Å². The summed E-state index contributed by atoms with van der Waals surface area (Å²) in [4.78, 5) is 27.4. The van der Waals surface area contributed by atoms with Gasteiger partial charge in [-0.25, -0.2) is 4.79 Å². The molecule has 6 nitrogen and oxygen atoms in total. The van der Waals surface area contributed by atoms with Crippen LogP contribution in [0.15, 0.2) is 48.8 Å². The predicted molar refractivity (Wildman–Crippen MR) is 87.2 cm³/mol. The molecule has 0 spiro atoms. The summed E-state index contributed by atoms with van der Waals surface area (Å²) in [5.74, 6) is -1.48. The van der Waals surface area contributed by atoms with Crippen molar-refractivity contribution in [3.8, 4) is 0 Å². The van der Waals surface area contributed by atoms with Crippen LogP contribution < -0.4 is 10.6 Å². The van der Waals surface area contributed by atoms with E-state index >= 15 is 0 Å². The maximum Gasteiger partial charge on any atom is 0.326 e. The van der Waals surface area contributed by atoms with Crippen molar-refractivity contribution in [2.45, 2.75) is 25.9 Å². The van der Waals surface area contributed by atoms with E-state index < -0.39 is 17.9 Å². The summed E-state index contributed by atoms with van der Waals surface area (Å²) in [5.41, 5.74) is 2.00. The number of carboxylic acid groups (broad SMARTS) is 1. The second kappa shape index (κ2) is 7.93. The SMILES string of the molecule is CC[C@@H](NC(=O)c1ccncc1NCc1ccccc1)C(=O)O. The van der Waals surface area contributed by atoms with Crippen molar-refractivity contribution in [2.75, 3.05) is 5.32 Å². The Balaban J connectivity index is 2.10. The number of aromatic nitrogens is 1. The molecule has 0 aliphatic rings. The molecule has 0 saturated carbocycles. The minimum atomic E-state index is -1.05. The van der Waals surface area contributed by atoms with E-state index in [1.54, 1.807) is 19.2 Å². The highest BCUT2D eigenvalue weighted by molar-refractivity contribution is 6.01. The number of carbonyl (C=O) groups excluding carboxylic acids is 1. The van der Waals surface area contributed by atoms with Gasteiger partial charge >= 0.3 is 5.97 Å².